The fourth-order valence-electron chi connectivity index (χ4n) is 1.65. The van der Waals surface area contributed by atoms with Gasteiger partial charge in [0.05, 0.1) is 29.0 Å². The first-order chi connectivity index (χ1) is 9.01. The zero-order valence-corrected chi connectivity index (χ0v) is 11.7. The average Bonchev–Trinajstić information content (AvgIpc) is 2.37. The van der Waals surface area contributed by atoms with Crippen molar-refractivity contribution < 1.29 is 13.2 Å². The van der Waals surface area contributed by atoms with E-state index in [1.165, 1.54) is 12.1 Å². The maximum absolute atomic E-state index is 12.2. The zero-order chi connectivity index (χ0) is 14.3. The van der Waals surface area contributed by atoms with E-state index in [1.807, 2.05) is 13.0 Å². The third-order valence-electron chi connectivity index (χ3n) is 2.58. The monoisotopic (exact) mass is 282 g/mol. The minimum absolute atomic E-state index is 0.00550. The number of anilines is 1. The van der Waals surface area contributed by atoms with E-state index in [4.69, 9.17) is 15.7 Å². The summed E-state index contributed by atoms with van der Waals surface area (Å²) in [5, 5.41) is 8.42. The van der Waals surface area contributed by atoms with Crippen LogP contribution in [-0.4, -0.2) is 20.8 Å². The van der Waals surface area contributed by atoms with Crippen LogP contribution in [0.2, 0.25) is 0 Å². The Hall–Kier alpha value is -1.74. The molecule has 0 aliphatic rings. The van der Waals surface area contributed by atoms with E-state index in [9.17, 15) is 8.42 Å². The predicted molar refractivity (Wildman–Crippen MR) is 73.5 cm³/mol. The highest BCUT2D eigenvalue weighted by Crippen LogP contribution is 2.25. The number of nitriles is 1. The van der Waals surface area contributed by atoms with Gasteiger partial charge in [0.1, 0.15) is 5.75 Å². The van der Waals surface area contributed by atoms with Crippen molar-refractivity contribution in [3.63, 3.8) is 0 Å². The third kappa shape index (κ3) is 4.45. The van der Waals surface area contributed by atoms with Crippen LogP contribution in [-0.2, 0) is 9.84 Å². The number of nitrogens with two attached hydrogens (primary N) is 1. The lowest BCUT2D eigenvalue weighted by Gasteiger charge is -2.10. The smallest absolute Gasteiger partial charge is 0.180 e. The van der Waals surface area contributed by atoms with Gasteiger partial charge in [-0.15, -0.1) is 0 Å². The van der Waals surface area contributed by atoms with Crippen LogP contribution in [0.1, 0.15) is 26.2 Å². The molecule has 0 heterocycles. The number of hydrogen-bond donors (Lipinski definition) is 1. The molecule has 19 heavy (non-hydrogen) atoms. The SMILES string of the molecule is CCOc1ccc(N)c(S(=O)(=O)CCCCC#N)c1. The van der Waals surface area contributed by atoms with Gasteiger partial charge < -0.3 is 10.5 Å². The number of hydrogen-bond acceptors (Lipinski definition) is 5. The molecule has 0 atom stereocenters. The van der Waals surface area contributed by atoms with Crippen molar-refractivity contribution >= 4 is 15.5 Å². The summed E-state index contributed by atoms with van der Waals surface area (Å²) in [7, 11) is -3.43. The molecule has 0 fully saturated rings. The van der Waals surface area contributed by atoms with Crippen molar-refractivity contribution in [2.24, 2.45) is 0 Å². The van der Waals surface area contributed by atoms with Crippen LogP contribution in [0.3, 0.4) is 0 Å². The summed E-state index contributed by atoms with van der Waals surface area (Å²) in [4.78, 5) is 0.107. The highest BCUT2D eigenvalue weighted by molar-refractivity contribution is 7.91. The number of nitrogen functional groups attached to an aromatic ring is 1. The lowest BCUT2D eigenvalue weighted by Crippen LogP contribution is -2.10. The second-order valence-electron chi connectivity index (χ2n) is 4.07. The Kier molecular flexibility index (Phi) is 5.64. The van der Waals surface area contributed by atoms with Gasteiger partial charge in [-0.25, -0.2) is 8.42 Å². The number of ether oxygens (including phenoxy) is 1. The summed E-state index contributed by atoms with van der Waals surface area (Å²) in [5.41, 5.74) is 5.94. The molecule has 104 valence electrons. The number of nitrogens with zero attached hydrogens (tertiary/aromatic N) is 1. The van der Waals surface area contributed by atoms with Gasteiger partial charge in [-0.1, -0.05) is 0 Å². The first-order valence-electron chi connectivity index (χ1n) is 6.13. The summed E-state index contributed by atoms with van der Waals surface area (Å²) in [6, 6.07) is 6.63. The molecule has 5 nitrogen and oxygen atoms in total. The van der Waals surface area contributed by atoms with Crippen molar-refractivity contribution in [2.75, 3.05) is 18.1 Å². The van der Waals surface area contributed by atoms with Gasteiger partial charge in [0, 0.05) is 12.5 Å². The Morgan fingerprint density at radius 2 is 2.11 bits per heavy atom. The molecular formula is C13H18N2O3S. The minimum Gasteiger partial charge on any atom is -0.494 e. The molecule has 0 saturated carbocycles. The van der Waals surface area contributed by atoms with Gasteiger partial charge in [0.25, 0.3) is 0 Å². The maximum atomic E-state index is 12.2. The standard InChI is InChI=1S/C13H18N2O3S/c1-2-18-11-6-7-12(15)13(10-11)19(16,17)9-5-3-4-8-14/h6-7,10H,2-5,9,15H2,1H3. The van der Waals surface area contributed by atoms with Gasteiger partial charge in [0.15, 0.2) is 9.84 Å². The first kappa shape index (κ1) is 15.3. The normalized spacial score (nSPS) is 10.9. The van der Waals surface area contributed by atoms with Crippen LogP contribution in [0.5, 0.6) is 5.75 Å². The summed E-state index contributed by atoms with van der Waals surface area (Å²) >= 11 is 0. The van der Waals surface area contributed by atoms with Gasteiger partial charge in [0.2, 0.25) is 0 Å². The molecule has 2 N–H and O–H groups in total. The lowest BCUT2D eigenvalue weighted by molar-refractivity contribution is 0.339. The summed E-state index contributed by atoms with van der Waals surface area (Å²) < 4.78 is 29.6. The van der Waals surface area contributed by atoms with Crippen molar-refractivity contribution in [1.82, 2.24) is 0 Å². The van der Waals surface area contributed by atoms with Gasteiger partial charge in [-0.2, -0.15) is 5.26 Å². The van der Waals surface area contributed by atoms with E-state index in [0.717, 1.165) is 0 Å². The highest BCUT2D eigenvalue weighted by atomic mass is 32.2. The van der Waals surface area contributed by atoms with E-state index in [0.29, 0.717) is 31.6 Å². The molecule has 0 aliphatic heterocycles. The number of sulfone groups is 1. The van der Waals surface area contributed by atoms with E-state index in [-0.39, 0.29) is 16.3 Å². The Balaban J connectivity index is 2.87. The Morgan fingerprint density at radius 1 is 1.37 bits per heavy atom. The summed E-state index contributed by atoms with van der Waals surface area (Å²) in [6.45, 7) is 2.29. The molecule has 0 aliphatic carbocycles. The number of rotatable bonds is 7. The molecular weight excluding hydrogens is 264 g/mol. The lowest BCUT2D eigenvalue weighted by atomic mass is 10.3. The van der Waals surface area contributed by atoms with Crippen molar-refractivity contribution in [1.29, 1.82) is 5.26 Å². The molecule has 0 saturated heterocycles. The molecule has 6 heteroatoms. The quantitative estimate of drug-likeness (QED) is 0.611. The largest absolute Gasteiger partial charge is 0.494 e. The molecule has 0 bridgehead atoms. The molecule has 1 aromatic carbocycles. The second-order valence-corrected chi connectivity index (χ2v) is 6.14. The predicted octanol–water partition coefficient (Wildman–Crippen LogP) is 2.14. The number of unbranched alkanes of at least 4 members (excludes halogenated alkanes) is 2. The van der Waals surface area contributed by atoms with Crippen LogP contribution in [0.4, 0.5) is 5.69 Å². The van der Waals surface area contributed by atoms with Gasteiger partial charge in [-0.05, 0) is 31.9 Å². The Morgan fingerprint density at radius 3 is 2.74 bits per heavy atom. The second kappa shape index (κ2) is 7.00. The van der Waals surface area contributed by atoms with Crippen LogP contribution >= 0.6 is 0 Å². The van der Waals surface area contributed by atoms with Crippen LogP contribution in [0.25, 0.3) is 0 Å². The fraction of sp³-hybridized carbons (Fsp3) is 0.462. The van der Waals surface area contributed by atoms with E-state index in [2.05, 4.69) is 0 Å². The van der Waals surface area contributed by atoms with Gasteiger partial charge in [-0.3, -0.25) is 0 Å². The van der Waals surface area contributed by atoms with Crippen molar-refractivity contribution in [2.45, 2.75) is 31.1 Å². The maximum Gasteiger partial charge on any atom is 0.180 e. The zero-order valence-electron chi connectivity index (χ0n) is 10.9. The van der Waals surface area contributed by atoms with Crippen molar-refractivity contribution in [3.05, 3.63) is 18.2 Å². The molecule has 1 rings (SSSR count). The first-order valence-corrected chi connectivity index (χ1v) is 7.78. The molecule has 0 aromatic heterocycles. The van der Waals surface area contributed by atoms with E-state index in [1.54, 1.807) is 6.07 Å². The summed E-state index contributed by atoms with van der Waals surface area (Å²) in [5.74, 6) is 0.487. The van der Waals surface area contributed by atoms with Crippen LogP contribution in [0.15, 0.2) is 23.1 Å². The van der Waals surface area contributed by atoms with E-state index < -0.39 is 9.84 Å². The third-order valence-corrected chi connectivity index (χ3v) is 4.43. The topological polar surface area (TPSA) is 93.2 Å². The molecule has 1 aromatic rings. The molecule has 0 radical (unpaired) electrons. The minimum atomic E-state index is -3.43. The van der Waals surface area contributed by atoms with Crippen molar-refractivity contribution in [3.8, 4) is 11.8 Å². The van der Waals surface area contributed by atoms with Crippen LogP contribution < -0.4 is 10.5 Å². The highest BCUT2D eigenvalue weighted by Gasteiger charge is 2.18. The Bertz CT molecular complexity index is 562. The molecule has 0 unspecified atom stereocenters. The molecule has 0 spiro atoms. The Labute approximate surface area is 113 Å². The van der Waals surface area contributed by atoms with Crippen LogP contribution in [0, 0.1) is 11.3 Å². The fourth-order valence-corrected chi connectivity index (χ4v) is 3.17. The molecule has 0 amide bonds. The van der Waals surface area contributed by atoms with E-state index >= 15 is 0 Å². The van der Waals surface area contributed by atoms with Gasteiger partial charge >= 0.3 is 0 Å². The number of benzene rings is 1. The summed E-state index contributed by atoms with van der Waals surface area (Å²) in [6.07, 6.45) is 1.39. The average molecular weight is 282 g/mol.